The zero-order valence-corrected chi connectivity index (χ0v) is 11.0. The summed E-state index contributed by atoms with van der Waals surface area (Å²) in [5.41, 5.74) is 3.34. The molecule has 1 aromatic carbocycles. The molecule has 0 amide bonds. The van der Waals surface area contributed by atoms with Crippen LogP contribution in [0, 0.1) is 6.92 Å². The molecule has 18 heavy (non-hydrogen) atoms. The summed E-state index contributed by atoms with van der Waals surface area (Å²) in [4.78, 5) is 4.10. The van der Waals surface area contributed by atoms with Crippen LogP contribution < -0.4 is 10.6 Å². The fraction of sp³-hybridized carbons (Fsp3) is 0.143. The van der Waals surface area contributed by atoms with E-state index in [1.807, 2.05) is 42.6 Å². The van der Waals surface area contributed by atoms with Gasteiger partial charge in [-0.1, -0.05) is 18.2 Å². The number of pyridine rings is 1. The van der Waals surface area contributed by atoms with E-state index in [0.29, 0.717) is 11.7 Å². The second kappa shape index (κ2) is 6.12. The molecule has 0 aliphatic carbocycles. The standard InChI is InChI=1S/C14H15N3S/c1-11-7-8-15-9-12(11)10-16-14(18)17-13-5-3-2-4-6-13/h2-9H,10H2,1H3,(H2,16,17,18). The molecule has 0 atom stereocenters. The van der Waals surface area contributed by atoms with Crippen LogP contribution in [0.1, 0.15) is 11.1 Å². The van der Waals surface area contributed by atoms with Gasteiger partial charge in [0.2, 0.25) is 0 Å². The van der Waals surface area contributed by atoms with Crippen molar-refractivity contribution in [2.75, 3.05) is 5.32 Å². The predicted molar refractivity (Wildman–Crippen MR) is 78.5 cm³/mol. The fourth-order valence-electron chi connectivity index (χ4n) is 1.55. The van der Waals surface area contributed by atoms with Crippen LogP contribution in [0.25, 0.3) is 0 Å². The molecule has 3 nitrogen and oxygen atoms in total. The Hall–Kier alpha value is -1.94. The third-order valence-corrected chi connectivity index (χ3v) is 2.86. The first-order valence-electron chi connectivity index (χ1n) is 5.75. The lowest BCUT2D eigenvalue weighted by molar-refractivity contribution is 0.905. The molecule has 0 unspecified atom stereocenters. The maximum atomic E-state index is 5.24. The highest BCUT2D eigenvalue weighted by molar-refractivity contribution is 7.80. The maximum Gasteiger partial charge on any atom is 0.171 e. The molecule has 1 aromatic heterocycles. The lowest BCUT2D eigenvalue weighted by atomic mass is 10.2. The average Bonchev–Trinajstić information content (AvgIpc) is 2.39. The smallest absolute Gasteiger partial charge is 0.171 e. The van der Waals surface area contributed by atoms with E-state index < -0.39 is 0 Å². The monoisotopic (exact) mass is 257 g/mol. The number of aryl methyl sites for hydroxylation is 1. The Morgan fingerprint density at radius 2 is 2.00 bits per heavy atom. The van der Waals surface area contributed by atoms with Gasteiger partial charge in [-0.2, -0.15) is 0 Å². The van der Waals surface area contributed by atoms with Gasteiger partial charge in [0.15, 0.2) is 5.11 Å². The number of nitrogens with zero attached hydrogens (tertiary/aromatic N) is 1. The normalized spacial score (nSPS) is 9.83. The van der Waals surface area contributed by atoms with Crippen LogP contribution in [-0.2, 0) is 6.54 Å². The van der Waals surface area contributed by atoms with E-state index in [1.165, 1.54) is 5.56 Å². The summed E-state index contributed by atoms with van der Waals surface area (Å²) in [5, 5.41) is 6.92. The Bertz CT molecular complexity index is 526. The molecule has 0 bridgehead atoms. The van der Waals surface area contributed by atoms with Gasteiger partial charge in [-0.05, 0) is 48.5 Å². The predicted octanol–water partition coefficient (Wildman–Crippen LogP) is 2.88. The van der Waals surface area contributed by atoms with E-state index in [1.54, 1.807) is 6.20 Å². The largest absolute Gasteiger partial charge is 0.358 e. The van der Waals surface area contributed by atoms with Gasteiger partial charge in [0.05, 0.1) is 0 Å². The van der Waals surface area contributed by atoms with E-state index in [2.05, 4.69) is 22.5 Å². The van der Waals surface area contributed by atoms with Crippen LogP contribution in [-0.4, -0.2) is 10.1 Å². The topological polar surface area (TPSA) is 37.0 Å². The number of para-hydroxylation sites is 1. The second-order valence-electron chi connectivity index (χ2n) is 3.98. The number of thiocarbonyl (C=S) groups is 1. The van der Waals surface area contributed by atoms with Crippen LogP contribution >= 0.6 is 12.2 Å². The number of aromatic nitrogens is 1. The average molecular weight is 257 g/mol. The van der Waals surface area contributed by atoms with Crippen molar-refractivity contribution in [3.8, 4) is 0 Å². The summed E-state index contributed by atoms with van der Waals surface area (Å²) < 4.78 is 0. The van der Waals surface area contributed by atoms with Crippen LogP contribution in [0.15, 0.2) is 48.8 Å². The summed E-state index contributed by atoms with van der Waals surface area (Å²) in [6.45, 7) is 2.74. The van der Waals surface area contributed by atoms with Crippen LogP contribution in [0.4, 0.5) is 5.69 Å². The molecule has 4 heteroatoms. The van der Waals surface area contributed by atoms with Crippen molar-refractivity contribution in [1.29, 1.82) is 0 Å². The Labute approximate surface area is 112 Å². The van der Waals surface area contributed by atoms with Gasteiger partial charge in [-0.25, -0.2) is 0 Å². The van der Waals surface area contributed by atoms with Gasteiger partial charge in [0, 0.05) is 24.6 Å². The molecule has 92 valence electrons. The molecule has 2 rings (SSSR count). The van der Waals surface area contributed by atoms with Crippen LogP contribution in [0.5, 0.6) is 0 Å². The number of rotatable bonds is 3. The molecular formula is C14H15N3S. The van der Waals surface area contributed by atoms with E-state index in [0.717, 1.165) is 11.3 Å². The number of benzene rings is 1. The zero-order chi connectivity index (χ0) is 12.8. The third kappa shape index (κ3) is 3.53. The molecule has 2 aromatic rings. The summed E-state index contributed by atoms with van der Waals surface area (Å²) in [5.74, 6) is 0. The Kier molecular flexibility index (Phi) is 4.25. The first-order chi connectivity index (χ1) is 8.75. The lowest BCUT2D eigenvalue weighted by Crippen LogP contribution is -2.28. The number of hydrogen-bond acceptors (Lipinski definition) is 2. The molecule has 0 radical (unpaired) electrons. The zero-order valence-electron chi connectivity index (χ0n) is 10.2. The number of anilines is 1. The highest BCUT2D eigenvalue weighted by Gasteiger charge is 2.00. The fourth-order valence-corrected chi connectivity index (χ4v) is 1.74. The Morgan fingerprint density at radius 3 is 2.72 bits per heavy atom. The van der Waals surface area contributed by atoms with Gasteiger partial charge in [0.25, 0.3) is 0 Å². The molecule has 0 aliphatic heterocycles. The van der Waals surface area contributed by atoms with Crippen molar-refractivity contribution in [3.05, 3.63) is 59.9 Å². The van der Waals surface area contributed by atoms with Crippen molar-refractivity contribution < 1.29 is 0 Å². The minimum atomic E-state index is 0.615. The van der Waals surface area contributed by atoms with Gasteiger partial charge in [-0.15, -0.1) is 0 Å². The van der Waals surface area contributed by atoms with Gasteiger partial charge in [-0.3, -0.25) is 4.98 Å². The van der Waals surface area contributed by atoms with Crippen LogP contribution in [0.2, 0.25) is 0 Å². The minimum absolute atomic E-state index is 0.615. The van der Waals surface area contributed by atoms with Gasteiger partial charge >= 0.3 is 0 Å². The minimum Gasteiger partial charge on any atom is -0.358 e. The van der Waals surface area contributed by atoms with E-state index in [9.17, 15) is 0 Å². The van der Waals surface area contributed by atoms with Crippen molar-refractivity contribution >= 4 is 23.0 Å². The van der Waals surface area contributed by atoms with Crippen LogP contribution in [0.3, 0.4) is 0 Å². The first-order valence-corrected chi connectivity index (χ1v) is 6.16. The SMILES string of the molecule is Cc1ccncc1CNC(=S)Nc1ccccc1. The van der Waals surface area contributed by atoms with E-state index >= 15 is 0 Å². The Morgan fingerprint density at radius 1 is 1.22 bits per heavy atom. The number of hydrogen-bond donors (Lipinski definition) is 2. The maximum absolute atomic E-state index is 5.24. The molecule has 0 saturated heterocycles. The van der Waals surface area contributed by atoms with Crippen molar-refractivity contribution in [2.45, 2.75) is 13.5 Å². The molecule has 1 heterocycles. The van der Waals surface area contributed by atoms with E-state index in [-0.39, 0.29) is 0 Å². The molecule has 2 N–H and O–H groups in total. The molecular weight excluding hydrogens is 242 g/mol. The molecule has 0 aliphatic rings. The molecule has 0 fully saturated rings. The quantitative estimate of drug-likeness (QED) is 0.829. The lowest BCUT2D eigenvalue weighted by Gasteiger charge is -2.11. The van der Waals surface area contributed by atoms with Crippen molar-refractivity contribution in [3.63, 3.8) is 0 Å². The summed E-state index contributed by atoms with van der Waals surface area (Å²) in [7, 11) is 0. The highest BCUT2D eigenvalue weighted by Crippen LogP contribution is 2.06. The highest BCUT2D eigenvalue weighted by atomic mass is 32.1. The molecule has 0 saturated carbocycles. The second-order valence-corrected chi connectivity index (χ2v) is 4.38. The first kappa shape index (κ1) is 12.5. The van der Waals surface area contributed by atoms with Gasteiger partial charge < -0.3 is 10.6 Å². The van der Waals surface area contributed by atoms with Gasteiger partial charge in [0.1, 0.15) is 0 Å². The summed E-state index contributed by atoms with van der Waals surface area (Å²) in [6, 6.07) is 11.9. The summed E-state index contributed by atoms with van der Waals surface area (Å²) >= 11 is 5.24. The van der Waals surface area contributed by atoms with Crippen molar-refractivity contribution in [1.82, 2.24) is 10.3 Å². The molecule has 0 spiro atoms. The van der Waals surface area contributed by atoms with E-state index in [4.69, 9.17) is 12.2 Å². The third-order valence-electron chi connectivity index (χ3n) is 2.62. The van der Waals surface area contributed by atoms with Crippen molar-refractivity contribution in [2.24, 2.45) is 0 Å². The Balaban J connectivity index is 1.88. The summed E-state index contributed by atoms with van der Waals surface area (Å²) in [6.07, 6.45) is 3.65. The number of nitrogens with one attached hydrogen (secondary N) is 2.